The van der Waals surface area contributed by atoms with Gasteiger partial charge in [-0.15, -0.1) is 0 Å². The molecule has 0 bridgehead atoms. The first-order chi connectivity index (χ1) is 10.8. The summed E-state index contributed by atoms with van der Waals surface area (Å²) < 4.78 is 53.4. The second-order valence-electron chi connectivity index (χ2n) is 6.77. The third kappa shape index (κ3) is 3.44. The molecule has 3 fully saturated rings. The highest BCUT2D eigenvalue weighted by molar-refractivity contribution is 7.92. The van der Waals surface area contributed by atoms with Gasteiger partial charge in [-0.2, -0.15) is 17.0 Å². The summed E-state index contributed by atoms with van der Waals surface area (Å²) in [7, 11) is -6.74. The normalized spacial score (nSPS) is 34.1. The van der Waals surface area contributed by atoms with Crippen molar-refractivity contribution in [2.75, 3.05) is 44.2 Å². The van der Waals surface area contributed by atoms with Crippen LogP contribution in [0.4, 0.5) is 0 Å². The van der Waals surface area contributed by atoms with Gasteiger partial charge in [-0.3, -0.25) is 4.90 Å². The van der Waals surface area contributed by atoms with Crippen LogP contribution < -0.4 is 0 Å². The van der Waals surface area contributed by atoms with Crippen molar-refractivity contribution < 1.29 is 16.8 Å². The lowest BCUT2D eigenvalue weighted by atomic mass is 10.1. The van der Waals surface area contributed by atoms with Crippen molar-refractivity contribution in [1.82, 2.24) is 13.5 Å². The number of rotatable bonds is 3. The Balaban J connectivity index is 1.86. The molecule has 0 saturated carbocycles. The van der Waals surface area contributed by atoms with Crippen LogP contribution in [0.15, 0.2) is 0 Å². The molecule has 23 heavy (non-hydrogen) atoms. The van der Waals surface area contributed by atoms with Crippen molar-refractivity contribution in [3.8, 4) is 0 Å². The van der Waals surface area contributed by atoms with E-state index in [4.69, 9.17) is 0 Å². The van der Waals surface area contributed by atoms with E-state index in [1.54, 1.807) is 4.31 Å². The van der Waals surface area contributed by atoms with E-state index in [0.717, 1.165) is 32.2 Å². The maximum Gasteiger partial charge on any atom is 0.282 e. The van der Waals surface area contributed by atoms with Crippen molar-refractivity contribution >= 4 is 20.0 Å². The molecular formula is C14H27N3O4S2. The minimum absolute atomic E-state index is 0.0404. The molecule has 0 spiro atoms. The minimum Gasteiger partial charge on any atom is -0.297 e. The molecule has 7 nitrogen and oxygen atoms in total. The van der Waals surface area contributed by atoms with Gasteiger partial charge in [-0.05, 0) is 19.4 Å². The Morgan fingerprint density at radius 1 is 0.913 bits per heavy atom. The molecule has 2 atom stereocenters. The zero-order valence-electron chi connectivity index (χ0n) is 13.7. The van der Waals surface area contributed by atoms with Gasteiger partial charge in [0, 0.05) is 32.2 Å². The molecule has 0 aromatic heterocycles. The zero-order valence-corrected chi connectivity index (χ0v) is 15.4. The smallest absolute Gasteiger partial charge is 0.282 e. The van der Waals surface area contributed by atoms with Crippen molar-refractivity contribution in [2.45, 2.75) is 44.7 Å². The summed E-state index contributed by atoms with van der Waals surface area (Å²) in [6, 6.07) is -0.623. The van der Waals surface area contributed by atoms with Crippen LogP contribution in [0.25, 0.3) is 0 Å². The van der Waals surface area contributed by atoms with E-state index >= 15 is 0 Å². The standard InChI is InChI=1S/C14H27N3O4S2/c1-2-15-9-10-17(14-12-22(18,19)11-13(14)15)23(20,21)16-7-5-3-4-6-8-16/h13-14H,2-12H2,1H3/t13-,14+/m1/s1. The molecule has 3 aliphatic heterocycles. The van der Waals surface area contributed by atoms with Crippen LogP contribution >= 0.6 is 0 Å². The number of piperazine rings is 1. The van der Waals surface area contributed by atoms with E-state index in [9.17, 15) is 16.8 Å². The fourth-order valence-corrected chi connectivity index (χ4v) is 8.08. The predicted molar refractivity (Wildman–Crippen MR) is 89.1 cm³/mol. The van der Waals surface area contributed by atoms with Crippen LogP contribution in [0.1, 0.15) is 32.6 Å². The molecule has 0 aromatic carbocycles. The predicted octanol–water partition coefficient (Wildman–Crippen LogP) is -0.0897. The lowest BCUT2D eigenvalue weighted by molar-refractivity contribution is 0.0961. The summed E-state index contributed by atoms with van der Waals surface area (Å²) in [5, 5.41) is 0. The molecular weight excluding hydrogens is 338 g/mol. The second-order valence-corrected chi connectivity index (χ2v) is 10.8. The number of fused-ring (bicyclic) bond motifs is 1. The molecule has 0 radical (unpaired) electrons. The van der Waals surface area contributed by atoms with Gasteiger partial charge in [-0.25, -0.2) is 8.42 Å². The maximum absolute atomic E-state index is 13.1. The third-order valence-corrected chi connectivity index (χ3v) is 9.10. The first kappa shape index (κ1) is 17.6. The summed E-state index contributed by atoms with van der Waals surface area (Å²) >= 11 is 0. The molecule has 0 N–H and O–H groups in total. The van der Waals surface area contributed by atoms with Gasteiger partial charge >= 0.3 is 0 Å². The molecule has 3 rings (SSSR count). The Labute approximate surface area is 139 Å². The molecule has 3 saturated heterocycles. The van der Waals surface area contributed by atoms with Crippen LogP contribution in [0.5, 0.6) is 0 Å². The molecule has 0 unspecified atom stereocenters. The van der Waals surface area contributed by atoms with E-state index in [1.807, 2.05) is 6.92 Å². The molecule has 9 heteroatoms. The number of sulfone groups is 1. The number of hydrogen-bond acceptors (Lipinski definition) is 5. The summed E-state index contributed by atoms with van der Waals surface area (Å²) in [4.78, 5) is 2.11. The van der Waals surface area contributed by atoms with Gasteiger partial charge in [-0.1, -0.05) is 19.8 Å². The Morgan fingerprint density at radius 2 is 1.52 bits per heavy atom. The van der Waals surface area contributed by atoms with Gasteiger partial charge in [0.05, 0.1) is 17.5 Å². The first-order valence-electron chi connectivity index (χ1n) is 8.56. The van der Waals surface area contributed by atoms with Crippen molar-refractivity contribution in [3.63, 3.8) is 0 Å². The Morgan fingerprint density at radius 3 is 2.13 bits per heavy atom. The summed E-state index contributed by atoms with van der Waals surface area (Å²) in [6.45, 7) is 4.87. The second kappa shape index (κ2) is 6.59. The fourth-order valence-electron chi connectivity index (χ4n) is 4.09. The van der Waals surface area contributed by atoms with Crippen LogP contribution in [-0.4, -0.2) is 86.7 Å². The van der Waals surface area contributed by atoms with E-state index in [0.29, 0.717) is 26.2 Å². The summed E-state index contributed by atoms with van der Waals surface area (Å²) in [6.07, 6.45) is 3.91. The largest absolute Gasteiger partial charge is 0.297 e. The molecule has 0 aliphatic carbocycles. The highest BCUT2D eigenvalue weighted by atomic mass is 32.2. The Hall–Kier alpha value is -0.220. The van der Waals surface area contributed by atoms with E-state index in [-0.39, 0.29) is 17.5 Å². The number of nitrogens with zero attached hydrogens (tertiary/aromatic N) is 3. The van der Waals surface area contributed by atoms with Crippen LogP contribution in [0.2, 0.25) is 0 Å². The Kier molecular flexibility index (Phi) is 5.04. The molecule has 0 amide bonds. The molecule has 134 valence electrons. The fraction of sp³-hybridized carbons (Fsp3) is 1.00. The summed E-state index contributed by atoms with van der Waals surface area (Å²) in [5.74, 6) is 0.0404. The minimum atomic E-state index is -3.57. The van der Waals surface area contributed by atoms with Gasteiger partial charge in [0.25, 0.3) is 10.2 Å². The Bertz CT molecular complexity index is 626. The molecule has 0 aromatic rings. The zero-order chi connectivity index (χ0) is 16.7. The topological polar surface area (TPSA) is 78.0 Å². The van der Waals surface area contributed by atoms with Crippen molar-refractivity contribution in [3.05, 3.63) is 0 Å². The van der Waals surface area contributed by atoms with Crippen LogP contribution in [-0.2, 0) is 20.0 Å². The quantitative estimate of drug-likeness (QED) is 0.699. The van der Waals surface area contributed by atoms with E-state index in [2.05, 4.69) is 4.90 Å². The highest BCUT2D eigenvalue weighted by Gasteiger charge is 2.50. The number of hydrogen-bond donors (Lipinski definition) is 0. The van der Waals surface area contributed by atoms with E-state index in [1.165, 1.54) is 4.31 Å². The maximum atomic E-state index is 13.1. The first-order valence-corrected chi connectivity index (χ1v) is 11.8. The van der Waals surface area contributed by atoms with Crippen LogP contribution in [0, 0.1) is 0 Å². The monoisotopic (exact) mass is 365 g/mol. The van der Waals surface area contributed by atoms with Gasteiger partial charge in [0.2, 0.25) is 0 Å². The summed E-state index contributed by atoms with van der Waals surface area (Å²) in [5.41, 5.74) is 0. The molecule has 3 heterocycles. The average Bonchev–Trinajstić information content (AvgIpc) is 2.68. The van der Waals surface area contributed by atoms with Crippen LogP contribution in [0.3, 0.4) is 0 Å². The number of likely N-dealkylation sites (N-methyl/N-ethyl adjacent to an activating group) is 1. The lowest BCUT2D eigenvalue weighted by Crippen LogP contribution is -2.62. The lowest BCUT2D eigenvalue weighted by Gasteiger charge is -2.44. The average molecular weight is 366 g/mol. The van der Waals surface area contributed by atoms with Gasteiger partial charge in [0.15, 0.2) is 9.84 Å². The SMILES string of the molecule is CCN1CCN(S(=O)(=O)N2CCCCCC2)[C@H]2CS(=O)(=O)C[C@H]21. The van der Waals surface area contributed by atoms with E-state index < -0.39 is 26.1 Å². The third-order valence-electron chi connectivity index (χ3n) is 5.33. The van der Waals surface area contributed by atoms with Gasteiger partial charge in [0.1, 0.15) is 0 Å². The highest BCUT2D eigenvalue weighted by Crippen LogP contribution is 2.30. The molecule has 3 aliphatic rings. The van der Waals surface area contributed by atoms with Crippen molar-refractivity contribution in [2.24, 2.45) is 0 Å². The van der Waals surface area contributed by atoms with Crippen molar-refractivity contribution in [1.29, 1.82) is 0 Å². The van der Waals surface area contributed by atoms with Gasteiger partial charge < -0.3 is 0 Å².